The Hall–Kier alpha value is -2.66. The smallest absolute Gasteiger partial charge is 0.254 e. The van der Waals surface area contributed by atoms with E-state index in [1.54, 1.807) is 0 Å². The first-order valence-corrected chi connectivity index (χ1v) is 15.1. The molecule has 2 aromatic carbocycles. The molecule has 5 rings (SSSR count). The lowest BCUT2D eigenvalue weighted by atomic mass is 9.83. The van der Waals surface area contributed by atoms with Gasteiger partial charge in [0.15, 0.2) is 0 Å². The molecule has 38 heavy (non-hydrogen) atoms. The van der Waals surface area contributed by atoms with Crippen LogP contribution in [0.5, 0.6) is 0 Å². The molecule has 2 aromatic rings. The molecule has 0 aromatic heterocycles. The molecule has 1 N–H and O–H groups in total. The summed E-state index contributed by atoms with van der Waals surface area (Å²) in [5, 5.41) is 3.25. The molecule has 2 amide bonds. The molecule has 1 saturated heterocycles. The van der Waals surface area contributed by atoms with Gasteiger partial charge in [0.2, 0.25) is 5.91 Å². The Kier molecular flexibility index (Phi) is 9.51. The summed E-state index contributed by atoms with van der Waals surface area (Å²) in [7, 11) is 0. The first kappa shape index (κ1) is 26.9. The Bertz CT molecular complexity index is 1010. The van der Waals surface area contributed by atoms with E-state index in [1.165, 1.54) is 38.5 Å². The Morgan fingerprint density at radius 2 is 1.34 bits per heavy atom. The lowest BCUT2D eigenvalue weighted by molar-refractivity contribution is -0.129. The van der Waals surface area contributed by atoms with Gasteiger partial charge in [-0.05, 0) is 75.2 Å². The van der Waals surface area contributed by atoms with Gasteiger partial charge in [-0.1, -0.05) is 87.1 Å². The third-order valence-corrected chi connectivity index (χ3v) is 9.21. The first-order valence-electron chi connectivity index (χ1n) is 15.1. The predicted octanol–water partition coefficient (Wildman–Crippen LogP) is 6.19. The number of nitrogens with one attached hydrogen (secondary N) is 1. The van der Waals surface area contributed by atoms with Crippen LogP contribution in [0.2, 0.25) is 0 Å². The average Bonchev–Trinajstić information content (AvgIpc) is 3.00. The zero-order valence-corrected chi connectivity index (χ0v) is 22.9. The number of hydrogen-bond donors (Lipinski definition) is 1. The van der Waals surface area contributed by atoms with Crippen molar-refractivity contribution in [1.29, 1.82) is 0 Å². The van der Waals surface area contributed by atoms with E-state index >= 15 is 0 Å². The van der Waals surface area contributed by atoms with Crippen LogP contribution in [0.25, 0.3) is 0 Å². The van der Waals surface area contributed by atoms with Gasteiger partial charge in [0.1, 0.15) is 6.04 Å². The lowest BCUT2D eigenvalue weighted by Gasteiger charge is -2.46. The van der Waals surface area contributed by atoms with Gasteiger partial charge in [-0.15, -0.1) is 0 Å². The summed E-state index contributed by atoms with van der Waals surface area (Å²) in [5.74, 6) is 0.215. The number of piperidine rings is 1. The summed E-state index contributed by atoms with van der Waals surface area (Å²) in [6.45, 7) is 2.57. The third kappa shape index (κ3) is 6.66. The molecule has 3 fully saturated rings. The number of carbonyl (C=O) groups excluding carboxylic acids is 2. The Labute approximate surface area is 229 Å². The fourth-order valence-electron chi connectivity index (χ4n) is 7.11. The molecular weight excluding hydrogens is 470 g/mol. The molecule has 5 nitrogen and oxygen atoms in total. The van der Waals surface area contributed by atoms with Gasteiger partial charge in [-0.25, -0.2) is 0 Å². The molecule has 3 aliphatic rings. The predicted molar refractivity (Wildman–Crippen MR) is 153 cm³/mol. The van der Waals surface area contributed by atoms with E-state index in [2.05, 4.69) is 10.2 Å². The fraction of sp³-hybridized carbons (Fsp3) is 0.576. The molecule has 2 saturated carbocycles. The highest BCUT2D eigenvalue weighted by molar-refractivity contribution is 5.98. The molecule has 0 spiro atoms. The van der Waals surface area contributed by atoms with Crippen LogP contribution in [0.15, 0.2) is 60.7 Å². The molecule has 1 heterocycles. The summed E-state index contributed by atoms with van der Waals surface area (Å²) in [6.07, 6.45) is 14.1. The lowest BCUT2D eigenvalue weighted by Crippen LogP contribution is -2.59. The molecule has 1 aliphatic heterocycles. The van der Waals surface area contributed by atoms with Gasteiger partial charge in [-0.3, -0.25) is 9.59 Å². The summed E-state index contributed by atoms with van der Waals surface area (Å²) in [5.41, 5.74) is 1.78. The normalized spacial score (nSPS) is 21.1. The van der Waals surface area contributed by atoms with Crippen molar-refractivity contribution in [3.05, 3.63) is 71.8 Å². The molecular formula is C33H45N3O2. The maximum Gasteiger partial charge on any atom is 0.254 e. The molecule has 2 aliphatic carbocycles. The third-order valence-electron chi connectivity index (χ3n) is 9.21. The topological polar surface area (TPSA) is 52.7 Å². The van der Waals surface area contributed by atoms with Crippen LogP contribution in [-0.4, -0.2) is 52.8 Å². The van der Waals surface area contributed by atoms with Gasteiger partial charge >= 0.3 is 0 Å². The van der Waals surface area contributed by atoms with Gasteiger partial charge in [0, 0.05) is 24.2 Å². The van der Waals surface area contributed by atoms with Crippen molar-refractivity contribution in [2.75, 3.05) is 13.1 Å². The molecule has 1 atom stereocenters. The number of carbonyl (C=O) groups is 2. The molecule has 0 bridgehead atoms. The summed E-state index contributed by atoms with van der Waals surface area (Å²) < 4.78 is 0. The van der Waals surface area contributed by atoms with Crippen LogP contribution in [0.3, 0.4) is 0 Å². The number of nitrogens with zero attached hydrogens (tertiary/aromatic N) is 2. The largest absolute Gasteiger partial charge is 0.350 e. The van der Waals surface area contributed by atoms with Crippen molar-refractivity contribution in [2.45, 2.75) is 102 Å². The monoisotopic (exact) mass is 515 g/mol. The standard InChI is InChI=1S/C33H45N3O2/c37-32(34-25-26-13-5-1-6-14-26)31(27-21-23-35(24-22-27)29-17-9-3-10-18-29)36(30-19-11-4-12-20-30)33(38)28-15-7-2-8-16-28/h1-2,5-8,13-16,27,29-31H,3-4,9-12,17-25H2,(H,34,37). The number of benzene rings is 2. The number of amides is 2. The van der Waals surface area contributed by atoms with Crippen molar-refractivity contribution in [3.63, 3.8) is 0 Å². The second kappa shape index (κ2) is 13.4. The Morgan fingerprint density at radius 1 is 0.763 bits per heavy atom. The average molecular weight is 516 g/mol. The summed E-state index contributed by atoms with van der Waals surface area (Å²) >= 11 is 0. The second-order valence-electron chi connectivity index (χ2n) is 11.7. The van der Waals surface area contributed by atoms with E-state index < -0.39 is 6.04 Å². The highest BCUT2D eigenvalue weighted by atomic mass is 16.2. The van der Waals surface area contributed by atoms with E-state index in [4.69, 9.17) is 0 Å². The Balaban J connectivity index is 1.39. The van der Waals surface area contributed by atoms with Crippen molar-refractivity contribution in [1.82, 2.24) is 15.1 Å². The van der Waals surface area contributed by atoms with Crippen LogP contribution < -0.4 is 5.32 Å². The molecule has 1 unspecified atom stereocenters. The summed E-state index contributed by atoms with van der Waals surface area (Å²) in [6, 6.07) is 20.1. The van der Waals surface area contributed by atoms with Crippen LogP contribution >= 0.6 is 0 Å². The van der Waals surface area contributed by atoms with Crippen molar-refractivity contribution >= 4 is 11.8 Å². The van der Waals surface area contributed by atoms with Gasteiger partial charge < -0.3 is 15.1 Å². The summed E-state index contributed by atoms with van der Waals surface area (Å²) in [4.78, 5) is 33.0. The minimum absolute atomic E-state index is 0.0137. The first-order chi connectivity index (χ1) is 18.7. The quantitative estimate of drug-likeness (QED) is 0.456. The van der Waals surface area contributed by atoms with Crippen LogP contribution in [-0.2, 0) is 11.3 Å². The number of rotatable bonds is 8. The molecule has 204 valence electrons. The van der Waals surface area contributed by atoms with Gasteiger partial charge in [-0.2, -0.15) is 0 Å². The minimum Gasteiger partial charge on any atom is -0.350 e. The van der Waals surface area contributed by atoms with E-state index in [0.717, 1.165) is 57.2 Å². The van der Waals surface area contributed by atoms with Crippen molar-refractivity contribution in [2.24, 2.45) is 5.92 Å². The second-order valence-corrected chi connectivity index (χ2v) is 11.7. The zero-order chi connectivity index (χ0) is 26.2. The van der Waals surface area contributed by atoms with E-state index in [1.807, 2.05) is 65.6 Å². The number of likely N-dealkylation sites (tertiary alicyclic amines) is 1. The van der Waals surface area contributed by atoms with E-state index in [9.17, 15) is 9.59 Å². The number of hydrogen-bond acceptors (Lipinski definition) is 3. The molecule has 0 radical (unpaired) electrons. The fourth-order valence-corrected chi connectivity index (χ4v) is 7.11. The highest BCUT2D eigenvalue weighted by Crippen LogP contribution is 2.34. The van der Waals surface area contributed by atoms with Gasteiger partial charge in [0.05, 0.1) is 0 Å². The minimum atomic E-state index is -0.428. The van der Waals surface area contributed by atoms with Crippen molar-refractivity contribution < 1.29 is 9.59 Å². The van der Waals surface area contributed by atoms with E-state index in [0.29, 0.717) is 18.2 Å². The SMILES string of the molecule is O=C(NCc1ccccc1)C(C1CCN(C2CCCCC2)CC1)N(C(=O)c1ccccc1)C1CCCCC1. The van der Waals surface area contributed by atoms with Crippen molar-refractivity contribution in [3.8, 4) is 0 Å². The molecule has 5 heteroatoms. The Morgan fingerprint density at radius 3 is 1.97 bits per heavy atom. The zero-order valence-electron chi connectivity index (χ0n) is 22.9. The maximum atomic E-state index is 14.2. The van der Waals surface area contributed by atoms with Crippen LogP contribution in [0.1, 0.15) is 93.0 Å². The van der Waals surface area contributed by atoms with Gasteiger partial charge in [0.25, 0.3) is 5.91 Å². The van der Waals surface area contributed by atoms with Crippen LogP contribution in [0.4, 0.5) is 0 Å². The maximum absolute atomic E-state index is 14.2. The van der Waals surface area contributed by atoms with E-state index in [-0.39, 0.29) is 23.8 Å². The highest BCUT2D eigenvalue weighted by Gasteiger charge is 2.42. The van der Waals surface area contributed by atoms with Crippen LogP contribution in [0, 0.1) is 5.92 Å².